The molecular weight excluding hydrogens is 378 g/mol. The molecule has 7 heteroatoms. The minimum absolute atomic E-state index is 0.111. The first-order chi connectivity index (χ1) is 14.5. The number of rotatable bonds is 9. The fourth-order valence-corrected chi connectivity index (χ4v) is 3.27. The highest BCUT2D eigenvalue weighted by Gasteiger charge is 2.10. The SMILES string of the molecule is CCN(CC)CCNC(=O)c1ccc(NC(=O)Cc2cn3ccc(C)cc3n2)cc1. The molecule has 3 aromatic rings. The zero-order valence-corrected chi connectivity index (χ0v) is 17.8. The van der Waals surface area contributed by atoms with Gasteiger partial charge in [-0.05, 0) is 62.0 Å². The average molecular weight is 408 g/mol. The maximum atomic E-state index is 12.4. The number of imidazole rings is 1. The molecule has 0 unspecified atom stereocenters. The molecule has 30 heavy (non-hydrogen) atoms. The van der Waals surface area contributed by atoms with Gasteiger partial charge in [0, 0.05) is 36.7 Å². The Hall–Kier alpha value is -3.19. The molecule has 0 spiro atoms. The lowest BCUT2D eigenvalue weighted by atomic mass is 10.2. The van der Waals surface area contributed by atoms with Crippen LogP contribution in [0.1, 0.15) is 35.5 Å². The van der Waals surface area contributed by atoms with Crippen molar-refractivity contribution in [3.8, 4) is 0 Å². The quantitative estimate of drug-likeness (QED) is 0.572. The number of anilines is 1. The minimum Gasteiger partial charge on any atom is -0.351 e. The summed E-state index contributed by atoms with van der Waals surface area (Å²) in [7, 11) is 0. The Bertz CT molecular complexity index is 1010. The summed E-state index contributed by atoms with van der Waals surface area (Å²) < 4.78 is 1.91. The van der Waals surface area contributed by atoms with Crippen molar-refractivity contribution in [3.05, 3.63) is 65.6 Å². The summed E-state index contributed by atoms with van der Waals surface area (Å²) in [6.07, 6.45) is 3.99. The fourth-order valence-electron chi connectivity index (χ4n) is 3.27. The molecule has 0 atom stereocenters. The Labute approximate surface area is 177 Å². The maximum absolute atomic E-state index is 12.4. The van der Waals surface area contributed by atoms with Gasteiger partial charge in [-0.25, -0.2) is 4.98 Å². The molecule has 0 aliphatic rings. The van der Waals surface area contributed by atoms with Crippen molar-refractivity contribution in [1.82, 2.24) is 19.6 Å². The summed E-state index contributed by atoms with van der Waals surface area (Å²) in [6, 6.07) is 10.9. The lowest BCUT2D eigenvalue weighted by Crippen LogP contribution is -2.34. The number of amides is 2. The topological polar surface area (TPSA) is 78.7 Å². The van der Waals surface area contributed by atoms with E-state index in [4.69, 9.17) is 0 Å². The molecule has 2 heterocycles. The van der Waals surface area contributed by atoms with Crippen LogP contribution >= 0.6 is 0 Å². The van der Waals surface area contributed by atoms with Crippen LogP contribution in [-0.4, -0.2) is 52.3 Å². The molecule has 0 aliphatic heterocycles. The van der Waals surface area contributed by atoms with E-state index in [-0.39, 0.29) is 18.2 Å². The molecule has 2 aromatic heterocycles. The van der Waals surface area contributed by atoms with Crippen molar-refractivity contribution < 1.29 is 9.59 Å². The fraction of sp³-hybridized carbons (Fsp3) is 0.348. The van der Waals surface area contributed by atoms with Gasteiger partial charge in [-0.1, -0.05) is 13.8 Å². The van der Waals surface area contributed by atoms with Gasteiger partial charge in [-0.3, -0.25) is 9.59 Å². The number of nitrogens with one attached hydrogen (secondary N) is 2. The summed E-state index contributed by atoms with van der Waals surface area (Å²) in [5.41, 5.74) is 3.89. The molecule has 2 N–H and O–H groups in total. The zero-order chi connectivity index (χ0) is 21.5. The number of aromatic nitrogens is 2. The van der Waals surface area contributed by atoms with Gasteiger partial charge in [0.1, 0.15) is 5.65 Å². The van der Waals surface area contributed by atoms with Crippen LogP contribution in [0, 0.1) is 6.92 Å². The third kappa shape index (κ3) is 5.67. The molecule has 1 aromatic carbocycles. The predicted octanol–water partition coefficient (Wildman–Crippen LogP) is 2.90. The highest BCUT2D eigenvalue weighted by molar-refractivity contribution is 5.96. The van der Waals surface area contributed by atoms with Crippen LogP contribution < -0.4 is 10.6 Å². The number of hydrogen-bond acceptors (Lipinski definition) is 4. The summed E-state index contributed by atoms with van der Waals surface area (Å²) in [4.78, 5) is 31.4. The van der Waals surface area contributed by atoms with Gasteiger partial charge in [0.2, 0.25) is 5.91 Å². The lowest BCUT2D eigenvalue weighted by Gasteiger charge is -2.17. The summed E-state index contributed by atoms with van der Waals surface area (Å²) in [6.45, 7) is 9.59. The van der Waals surface area contributed by atoms with E-state index < -0.39 is 0 Å². The van der Waals surface area contributed by atoms with Gasteiger partial charge < -0.3 is 19.9 Å². The van der Waals surface area contributed by atoms with Crippen LogP contribution in [0.2, 0.25) is 0 Å². The third-order valence-corrected chi connectivity index (χ3v) is 5.05. The zero-order valence-electron chi connectivity index (χ0n) is 17.8. The van der Waals surface area contributed by atoms with Crippen molar-refractivity contribution in [2.45, 2.75) is 27.2 Å². The average Bonchev–Trinajstić information content (AvgIpc) is 3.12. The first-order valence-electron chi connectivity index (χ1n) is 10.3. The van der Waals surface area contributed by atoms with E-state index in [0.717, 1.165) is 30.8 Å². The number of aryl methyl sites for hydroxylation is 1. The van der Waals surface area contributed by atoms with E-state index in [1.807, 2.05) is 35.9 Å². The van der Waals surface area contributed by atoms with Crippen LogP contribution in [-0.2, 0) is 11.2 Å². The second-order valence-corrected chi connectivity index (χ2v) is 7.29. The molecule has 0 saturated heterocycles. The Morgan fingerprint density at radius 2 is 1.83 bits per heavy atom. The number of benzene rings is 1. The molecule has 3 rings (SSSR count). The molecule has 0 saturated carbocycles. The number of hydrogen-bond donors (Lipinski definition) is 2. The second-order valence-electron chi connectivity index (χ2n) is 7.29. The molecule has 7 nitrogen and oxygen atoms in total. The van der Waals surface area contributed by atoms with E-state index in [2.05, 4.69) is 34.4 Å². The molecule has 0 bridgehead atoms. The van der Waals surface area contributed by atoms with E-state index in [1.54, 1.807) is 24.3 Å². The highest BCUT2D eigenvalue weighted by atomic mass is 16.2. The molecule has 0 radical (unpaired) electrons. The van der Waals surface area contributed by atoms with Crippen LogP contribution in [0.25, 0.3) is 5.65 Å². The Morgan fingerprint density at radius 3 is 2.53 bits per heavy atom. The standard InChI is InChI=1S/C23H29N5O2/c1-4-27(5-2)13-11-24-23(30)18-6-8-19(9-7-18)26-22(29)15-20-16-28-12-10-17(3)14-21(28)25-20/h6-10,12,14,16H,4-5,11,13,15H2,1-3H3,(H,24,30)(H,26,29). The molecular formula is C23H29N5O2. The Balaban J connectivity index is 1.51. The van der Waals surface area contributed by atoms with E-state index in [0.29, 0.717) is 23.5 Å². The normalized spacial score (nSPS) is 11.1. The Kier molecular flexibility index (Phi) is 7.19. The number of likely N-dealkylation sites (N-methyl/N-ethyl adjacent to an activating group) is 1. The van der Waals surface area contributed by atoms with E-state index in [9.17, 15) is 9.59 Å². The molecule has 0 fully saturated rings. The molecule has 2 amide bonds. The maximum Gasteiger partial charge on any atom is 0.251 e. The first kappa shape index (κ1) is 21.5. The highest BCUT2D eigenvalue weighted by Crippen LogP contribution is 2.12. The van der Waals surface area contributed by atoms with Gasteiger partial charge in [-0.2, -0.15) is 0 Å². The monoisotopic (exact) mass is 407 g/mol. The van der Waals surface area contributed by atoms with Crippen LogP contribution in [0.4, 0.5) is 5.69 Å². The van der Waals surface area contributed by atoms with Crippen LogP contribution in [0.15, 0.2) is 48.8 Å². The van der Waals surface area contributed by atoms with Gasteiger partial charge in [0.25, 0.3) is 5.91 Å². The largest absolute Gasteiger partial charge is 0.351 e. The van der Waals surface area contributed by atoms with Crippen molar-refractivity contribution >= 4 is 23.1 Å². The minimum atomic E-state index is -0.147. The van der Waals surface area contributed by atoms with Crippen molar-refractivity contribution in [1.29, 1.82) is 0 Å². The second kappa shape index (κ2) is 10.0. The third-order valence-electron chi connectivity index (χ3n) is 5.05. The van der Waals surface area contributed by atoms with E-state index in [1.165, 1.54) is 0 Å². The van der Waals surface area contributed by atoms with Gasteiger partial charge >= 0.3 is 0 Å². The van der Waals surface area contributed by atoms with Crippen molar-refractivity contribution in [2.24, 2.45) is 0 Å². The summed E-state index contributed by atoms with van der Waals surface area (Å²) in [5, 5.41) is 5.79. The first-order valence-corrected chi connectivity index (χ1v) is 10.3. The van der Waals surface area contributed by atoms with Crippen LogP contribution in [0.3, 0.4) is 0 Å². The van der Waals surface area contributed by atoms with Crippen LogP contribution in [0.5, 0.6) is 0 Å². The summed E-state index contributed by atoms with van der Waals surface area (Å²) >= 11 is 0. The number of carbonyl (C=O) groups excluding carboxylic acids is 2. The number of fused-ring (bicyclic) bond motifs is 1. The van der Waals surface area contributed by atoms with E-state index >= 15 is 0 Å². The van der Waals surface area contributed by atoms with Crippen molar-refractivity contribution in [2.75, 3.05) is 31.5 Å². The number of nitrogens with zero attached hydrogens (tertiary/aromatic N) is 3. The van der Waals surface area contributed by atoms with Gasteiger partial charge in [-0.15, -0.1) is 0 Å². The van der Waals surface area contributed by atoms with Gasteiger partial charge in [0.05, 0.1) is 12.1 Å². The predicted molar refractivity (Wildman–Crippen MR) is 119 cm³/mol. The summed E-state index contributed by atoms with van der Waals surface area (Å²) in [5.74, 6) is -0.258. The smallest absolute Gasteiger partial charge is 0.251 e. The lowest BCUT2D eigenvalue weighted by molar-refractivity contribution is -0.115. The number of pyridine rings is 1. The van der Waals surface area contributed by atoms with Crippen molar-refractivity contribution in [3.63, 3.8) is 0 Å². The molecule has 0 aliphatic carbocycles. The van der Waals surface area contributed by atoms with Gasteiger partial charge in [0.15, 0.2) is 0 Å². The molecule has 158 valence electrons. The number of carbonyl (C=O) groups is 2. The Morgan fingerprint density at radius 1 is 1.10 bits per heavy atom.